The van der Waals surface area contributed by atoms with E-state index in [0.717, 1.165) is 22.3 Å². The number of benzene rings is 3. The minimum atomic E-state index is -0.992. The Balaban J connectivity index is 0.000000168. The van der Waals surface area contributed by atoms with Gasteiger partial charge in [0.2, 0.25) is 0 Å². The molecule has 0 spiro atoms. The Bertz CT molecular complexity index is 1530. The van der Waals surface area contributed by atoms with E-state index in [0.29, 0.717) is 28.1 Å². The summed E-state index contributed by atoms with van der Waals surface area (Å²) in [7, 11) is 0. The monoisotopic (exact) mass is 544 g/mol. The van der Waals surface area contributed by atoms with E-state index in [-0.39, 0.29) is 24.4 Å². The topological polar surface area (TPSA) is 167 Å². The molecule has 40 heavy (non-hydrogen) atoms. The highest BCUT2D eigenvalue weighted by Gasteiger charge is 2.29. The first-order valence-electron chi connectivity index (χ1n) is 12.2. The minimum absolute atomic E-state index is 0.00786. The van der Waals surface area contributed by atoms with Crippen LogP contribution in [-0.2, 0) is 32.0 Å². The van der Waals surface area contributed by atoms with Crippen LogP contribution >= 0.6 is 0 Å². The Kier molecular flexibility index (Phi) is 8.95. The Morgan fingerprint density at radius 3 is 2.00 bits per heavy atom. The van der Waals surface area contributed by atoms with Crippen molar-refractivity contribution in [2.45, 2.75) is 40.5 Å². The number of phenolic OH excluding ortho intramolecular Hbond substituents is 1. The average molecular weight is 545 g/mol. The summed E-state index contributed by atoms with van der Waals surface area (Å²) in [5, 5.41) is 23.2. The molecule has 0 atom stereocenters. The highest BCUT2D eigenvalue weighted by molar-refractivity contribution is 6.52. The number of aryl methyl sites for hydroxylation is 3. The number of carboxylic acid groups (broad SMARTS) is 1. The van der Waals surface area contributed by atoms with Gasteiger partial charge in [0.25, 0.3) is 23.4 Å². The number of hydrogen-bond donors (Lipinski definition) is 4. The second-order valence-electron chi connectivity index (χ2n) is 9.47. The fraction of sp³-hybridized carbons (Fsp3) is 0.200. The molecule has 0 radical (unpaired) electrons. The maximum atomic E-state index is 11.3. The predicted molar refractivity (Wildman–Crippen MR) is 147 cm³/mol. The molecule has 206 valence electrons. The number of para-hydroxylation sites is 1. The second kappa shape index (κ2) is 12.2. The fourth-order valence-electron chi connectivity index (χ4n) is 4.26. The van der Waals surface area contributed by atoms with Gasteiger partial charge in [-0.3, -0.25) is 28.8 Å². The third kappa shape index (κ3) is 6.84. The van der Waals surface area contributed by atoms with Crippen LogP contribution in [0.4, 0.5) is 11.4 Å². The first-order chi connectivity index (χ1) is 18.8. The molecule has 2 aliphatic heterocycles. The van der Waals surface area contributed by atoms with Gasteiger partial charge in [-0.1, -0.05) is 24.3 Å². The first-order valence-corrected chi connectivity index (χ1v) is 12.2. The summed E-state index contributed by atoms with van der Waals surface area (Å²) < 4.78 is 0. The summed E-state index contributed by atoms with van der Waals surface area (Å²) >= 11 is 0. The van der Waals surface area contributed by atoms with Crippen molar-refractivity contribution < 1.29 is 39.0 Å². The van der Waals surface area contributed by atoms with Gasteiger partial charge in [0.1, 0.15) is 11.5 Å². The van der Waals surface area contributed by atoms with E-state index in [1.165, 1.54) is 13.0 Å². The molecule has 0 aliphatic carbocycles. The molecule has 0 saturated carbocycles. The number of phenols is 1. The highest BCUT2D eigenvalue weighted by Crippen LogP contribution is 2.28. The number of anilines is 2. The van der Waals surface area contributed by atoms with Gasteiger partial charge >= 0.3 is 5.97 Å². The van der Waals surface area contributed by atoms with Crippen molar-refractivity contribution in [1.82, 2.24) is 0 Å². The zero-order valence-corrected chi connectivity index (χ0v) is 22.4. The lowest BCUT2D eigenvalue weighted by Gasteiger charge is -2.08. The second-order valence-corrected chi connectivity index (χ2v) is 9.47. The van der Waals surface area contributed by atoms with Crippen LogP contribution in [0, 0.1) is 20.8 Å². The van der Waals surface area contributed by atoms with Gasteiger partial charge in [-0.05, 0) is 74.2 Å². The Morgan fingerprint density at radius 2 is 1.38 bits per heavy atom. The van der Waals surface area contributed by atoms with Crippen molar-refractivity contribution in [3.8, 4) is 5.75 Å². The predicted octanol–water partition coefficient (Wildman–Crippen LogP) is 3.72. The van der Waals surface area contributed by atoms with Crippen molar-refractivity contribution in [2.24, 2.45) is 0 Å². The van der Waals surface area contributed by atoms with Gasteiger partial charge in [0.15, 0.2) is 0 Å². The van der Waals surface area contributed by atoms with Crippen molar-refractivity contribution in [2.75, 3.05) is 10.6 Å². The van der Waals surface area contributed by atoms with E-state index in [2.05, 4.69) is 10.6 Å². The van der Waals surface area contributed by atoms with E-state index in [9.17, 15) is 33.9 Å². The number of nitrogens with one attached hydrogen (secondary N) is 2. The lowest BCUT2D eigenvalue weighted by molar-refractivity contribution is -0.136. The Hall–Kier alpha value is -5.12. The number of Topliss-reactive ketones (excluding diaryl/α,β-unsaturated/α-hetero) is 3. The van der Waals surface area contributed by atoms with Gasteiger partial charge in [0, 0.05) is 12.0 Å². The molecule has 2 amide bonds. The maximum Gasteiger partial charge on any atom is 0.307 e. The van der Waals surface area contributed by atoms with E-state index >= 15 is 0 Å². The van der Waals surface area contributed by atoms with Crippen molar-refractivity contribution in [3.63, 3.8) is 0 Å². The van der Waals surface area contributed by atoms with Crippen LogP contribution in [0.5, 0.6) is 5.75 Å². The van der Waals surface area contributed by atoms with Crippen molar-refractivity contribution in [3.05, 3.63) is 87.5 Å². The third-order valence-corrected chi connectivity index (χ3v) is 6.11. The number of aliphatic carboxylic acids is 1. The van der Waals surface area contributed by atoms with Crippen LogP contribution < -0.4 is 10.6 Å². The molecule has 2 aliphatic rings. The molecule has 0 fully saturated rings. The zero-order valence-electron chi connectivity index (χ0n) is 22.4. The third-order valence-electron chi connectivity index (χ3n) is 6.11. The summed E-state index contributed by atoms with van der Waals surface area (Å²) in [4.78, 5) is 65.6. The smallest absolute Gasteiger partial charge is 0.307 e. The molecule has 2 heterocycles. The van der Waals surface area contributed by atoms with Crippen LogP contribution in [0.1, 0.15) is 55.5 Å². The largest absolute Gasteiger partial charge is 0.508 e. The molecule has 0 unspecified atom stereocenters. The van der Waals surface area contributed by atoms with Crippen LogP contribution in [-0.4, -0.2) is 45.3 Å². The van der Waals surface area contributed by atoms with Gasteiger partial charge in [-0.15, -0.1) is 0 Å². The number of carbonyl (C=O) groups is 6. The molecule has 0 saturated heterocycles. The van der Waals surface area contributed by atoms with Crippen LogP contribution in [0.2, 0.25) is 0 Å². The summed E-state index contributed by atoms with van der Waals surface area (Å²) in [6, 6.07) is 13.6. The molecular weight excluding hydrogens is 516 g/mol. The van der Waals surface area contributed by atoms with Crippen LogP contribution in [0.25, 0.3) is 0 Å². The summed E-state index contributed by atoms with van der Waals surface area (Å²) in [6.45, 7) is 7.05. The molecule has 10 heteroatoms. The number of carbonyl (C=O) groups excluding carboxylic acids is 5. The van der Waals surface area contributed by atoms with E-state index in [4.69, 9.17) is 5.11 Å². The SMILES string of the molecule is CC(=O)Cc1cc(O)c(CC(=O)O)cc1C.Cc1cc(C)c2c(c1)C(=O)C(=O)N2.O=C1Nc2ccccc2C1=O. The summed E-state index contributed by atoms with van der Waals surface area (Å²) in [6.07, 6.45) is 0.0414. The molecular formula is C30H28N2O8. The number of ketones is 3. The lowest BCUT2D eigenvalue weighted by Crippen LogP contribution is -2.12. The van der Waals surface area contributed by atoms with E-state index in [1.54, 1.807) is 43.3 Å². The Labute approximate surface area is 230 Å². The molecule has 0 aromatic heterocycles. The summed E-state index contributed by atoms with van der Waals surface area (Å²) in [5.41, 5.74) is 6.12. The van der Waals surface area contributed by atoms with Gasteiger partial charge < -0.3 is 20.8 Å². The normalized spacial score (nSPS) is 12.7. The number of amides is 2. The van der Waals surface area contributed by atoms with Crippen molar-refractivity contribution >= 4 is 46.5 Å². The average Bonchev–Trinajstić information content (AvgIpc) is 3.32. The first kappa shape index (κ1) is 29.4. The fourth-order valence-corrected chi connectivity index (χ4v) is 4.26. The van der Waals surface area contributed by atoms with Crippen LogP contribution in [0.15, 0.2) is 48.5 Å². The van der Waals surface area contributed by atoms with Gasteiger partial charge in [-0.25, -0.2) is 0 Å². The Morgan fingerprint density at radius 1 is 0.750 bits per heavy atom. The highest BCUT2D eigenvalue weighted by atomic mass is 16.4. The lowest BCUT2D eigenvalue weighted by atomic mass is 9.99. The molecule has 10 nitrogen and oxygen atoms in total. The number of fused-ring (bicyclic) bond motifs is 2. The number of rotatable bonds is 4. The summed E-state index contributed by atoms with van der Waals surface area (Å²) in [5.74, 6) is -2.98. The molecule has 3 aromatic carbocycles. The van der Waals surface area contributed by atoms with Gasteiger partial charge in [-0.2, -0.15) is 0 Å². The van der Waals surface area contributed by atoms with E-state index in [1.807, 2.05) is 19.9 Å². The molecule has 4 N–H and O–H groups in total. The number of hydrogen-bond acceptors (Lipinski definition) is 7. The van der Waals surface area contributed by atoms with E-state index < -0.39 is 29.4 Å². The maximum absolute atomic E-state index is 11.3. The van der Waals surface area contributed by atoms with Crippen molar-refractivity contribution in [1.29, 1.82) is 0 Å². The standard InChI is InChI=1S/C12H14O4.C10H9NO2.C8H5NO2/c1-7-3-10(6-12(15)16)11(14)5-9(7)4-8(2)13;1-5-3-6(2)8-7(4-5)9(12)10(13)11-8;10-7-5-3-1-2-4-6(5)9-8(7)11/h3,5,14H,4,6H2,1-2H3,(H,15,16);3-4H,1-2H3,(H,11,12,13);1-4H,(H,9,10,11). The molecule has 0 bridgehead atoms. The molecule has 3 aromatic rings. The molecule has 5 rings (SSSR count). The van der Waals surface area contributed by atoms with Crippen LogP contribution in [0.3, 0.4) is 0 Å². The zero-order chi connectivity index (χ0) is 29.7. The number of aromatic hydroxyl groups is 1. The quantitative estimate of drug-likeness (QED) is 0.361. The minimum Gasteiger partial charge on any atom is -0.508 e. The number of carboxylic acids is 1. The van der Waals surface area contributed by atoms with Gasteiger partial charge in [0.05, 0.1) is 28.9 Å².